The molecule has 268 valence electrons. The van der Waals surface area contributed by atoms with Gasteiger partial charge in [-0.05, 0) is 53.3 Å². The van der Waals surface area contributed by atoms with Crippen LogP contribution in [0.3, 0.4) is 0 Å². The number of carbonyl (C=O) groups is 4. The van der Waals surface area contributed by atoms with E-state index in [2.05, 4.69) is 41.8 Å². The number of nitrogens with zero attached hydrogens (tertiary/aromatic N) is 2. The zero-order chi connectivity index (χ0) is 35.7. The minimum absolute atomic E-state index is 0.0425. The Morgan fingerprint density at radius 1 is 0.960 bits per heavy atom. The first-order chi connectivity index (χ1) is 24.2. The van der Waals surface area contributed by atoms with Gasteiger partial charge in [0.15, 0.2) is 5.12 Å². The van der Waals surface area contributed by atoms with Crippen molar-refractivity contribution in [3.8, 4) is 0 Å². The van der Waals surface area contributed by atoms with Crippen molar-refractivity contribution in [2.24, 2.45) is 5.92 Å². The molecule has 2 aromatic carbocycles. The number of hydrogen-bond donors (Lipinski definition) is 2. The Bertz CT molecular complexity index is 1600. The molecule has 0 spiro atoms. The molecule has 1 aromatic heterocycles. The number of benzene rings is 2. The van der Waals surface area contributed by atoms with Gasteiger partial charge in [0.1, 0.15) is 12.1 Å². The zero-order valence-electron chi connectivity index (χ0n) is 29.7. The van der Waals surface area contributed by atoms with E-state index in [0.717, 1.165) is 34.9 Å². The van der Waals surface area contributed by atoms with E-state index in [-0.39, 0.29) is 42.4 Å². The lowest BCUT2D eigenvalue weighted by Gasteiger charge is -2.27. The lowest BCUT2D eigenvalue weighted by Crippen LogP contribution is -2.49. The van der Waals surface area contributed by atoms with Crippen molar-refractivity contribution in [3.05, 3.63) is 89.8 Å². The van der Waals surface area contributed by atoms with Crippen LogP contribution in [0.25, 0.3) is 10.8 Å². The number of unbranched alkanes of at least 4 members (excludes halogenated alkanes) is 4. The van der Waals surface area contributed by atoms with Crippen molar-refractivity contribution >= 4 is 45.4 Å². The molecule has 3 aromatic rings. The topological polar surface area (TPSA) is 118 Å². The van der Waals surface area contributed by atoms with Crippen molar-refractivity contribution in [3.63, 3.8) is 0 Å². The van der Waals surface area contributed by atoms with Crippen LogP contribution in [-0.2, 0) is 43.5 Å². The van der Waals surface area contributed by atoms with Gasteiger partial charge in [-0.25, -0.2) is 4.79 Å². The molecule has 9 nitrogen and oxygen atoms in total. The molecule has 2 bridgehead atoms. The Balaban J connectivity index is 1.47. The highest BCUT2D eigenvalue weighted by Gasteiger charge is 2.29. The largest absolute Gasteiger partial charge is 0.456 e. The molecule has 0 aliphatic carbocycles. The number of aromatic nitrogens is 1. The van der Waals surface area contributed by atoms with Crippen LogP contribution in [0.2, 0.25) is 0 Å². The molecule has 1 aliphatic heterocycles. The first-order valence-electron chi connectivity index (χ1n) is 17.9. The van der Waals surface area contributed by atoms with Gasteiger partial charge in [0.2, 0.25) is 11.8 Å². The number of ether oxygens (including phenoxy) is 1. The third-order valence-corrected chi connectivity index (χ3v) is 9.60. The van der Waals surface area contributed by atoms with Crippen molar-refractivity contribution < 1.29 is 23.9 Å². The van der Waals surface area contributed by atoms with Crippen LogP contribution in [0, 0.1) is 5.92 Å². The van der Waals surface area contributed by atoms with E-state index in [1.807, 2.05) is 61.2 Å². The van der Waals surface area contributed by atoms with Gasteiger partial charge in [-0.1, -0.05) is 113 Å². The summed E-state index contributed by atoms with van der Waals surface area (Å²) in [6, 6.07) is 19.1. The smallest absolute Gasteiger partial charge is 0.329 e. The van der Waals surface area contributed by atoms with Crippen LogP contribution in [0.1, 0.15) is 89.1 Å². The standard InChI is InChI=1S/C40H52N4O5S/c1-4-5-6-7-8-22-38(47)50-23-12-11-20-34-24-36(45)41-25-32-18-14-19-33(42-32)27-44(28-37(46)43-39(29(2)3)40(48)49-34)26-31-17-13-16-30-15-9-10-21-35(30)31/h9-11,13-21,29,34,39H,4-8,12,22-28H2,1-3H3,(H,41,45)(H,43,46)/b20-11+/t34-,39+/m1/s1. The van der Waals surface area contributed by atoms with E-state index in [1.165, 1.54) is 31.0 Å². The molecule has 50 heavy (non-hydrogen) atoms. The summed E-state index contributed by atoms with van der Waals surface area (Å²) < 4.78 is 5.87. The molecule has 0 unspecified atom stereocenters. The predicted molar refractivity (Wildman–Crippen MR) is 200 cm³/mol. The van der Waals surface area contributed by atoms with E-state index in [0.29, 0.717) is 37.4 Å². The number of hydrogen-bond acceptors (Lipinski definition) is 8. The number of cyclic esters (lactones) is 1. The minimum Gasteiger partial charge on any atom is -0.456 e. The van der Waals surface area contributed by atoms with Gasteiger partial charge in [-0.2, -0.15) is 0 Å². The summed E-state index contributed by atoms with van der Waals surface area (Å²) in [6.07, 6.45) is 9.37. The molecule has 0 saturated carbocycles. The van der Waals surface area contributed by atoms with E-state index >= 15 is 0 Å². The fourth-order valence-corrected chi connectivity index (χ4v) is 6.72. The lowest BCUT2D eigenvalue weighted by molar-refractivity contribution is -0.153. The van der Waals surface area contributed by atoms with Crippen LogP contribution in [0.4, 0.5) is 0 Å². The molecule has 4 rings (SSSR count). The quantitative estimate of drug-likeness (QED) is 0.113. The van der Waals surface area contributed by atoms with Crippen LogP contribution < -0.4 is 10.6 Å². The van der Waals surface area contributed by atoms with Gasteiger partial charge in [0, 0.05) is 25.3 Å². The number of fused-ring (bicyclic) bond motifs is 3. The van der Waals surface area contributed by atoms with Crippen LogP contribution in [0.15, 0.2) is 72.8 Å². The minimum atomic E-state index is -0.902. The average molecular weight is 701 g/mol. The summed E-state index contributed by atoms with van der Waals surface area (Å²) in [5.41, 5.74) is 2.53. The van der Waals surface area contributed by atoms with Crippen molar-refractivity contribution in [2.45, 2.75) is 104 Å². The van der Waals surface area contributed by atoms with Gasteiger partial charge in [0.05, 0.1) is 30.9 Å². The Hall–Kier alpha value is -4.02. The SMILES string of the molecule is CCCCCCCC(=O)SCC/C=C/[C@@H]1CC(=O)NCc2cccc(n2)CN(Cc2cccc3ccccc23)CC(=O)N[C@@H](C(C)C)C(=O)O1. The Morgan fingerprint density at radius 2 is 1.72 bits per heavy atom. The fourth-order valence-electron chi connectivity index (χ4n) is 5.95. The number of thioether (sulfide) groups is 1. The predicted octanol–water partition coefficient (Wildman–Crippen LogP) is 6.88. The number of rotatable bonds is 13. The molecule has 2 amide bonds. The Morgan fingerprint density at radius 3 is 2.54 bits per heavy atom. The summed E-state index contributed by atoms with van der Waals surface area (Å²) in [5.74, 6) is -0.830. The first-order valence-corrected chi connectivity index (χ1v) is 18.9. The highest BCUT2D eigenvalue weighted by molar-refractivity contribution is 8.13. The average Bonchev–Trinajstić information content (AvgIpc) is 3.09. The number of amides is 2. The van der Waals surface area contributed by atoms with E-state index in [1.54, 1.807) is 6.08 Å². The van der Waals surface area contributed by atoms with Crippen LogP contribution in [-0.4, -0.2) is 57.2 Å². The number of pyridine rings is 1. The number of esters is 1. The molecule has 2 atom stereocenters. The first kappa shape index (κ1) is 38.8. The van der Waals surface area contributed by atoms with E-state index in [4.69, 9.17) is 9.72 Å². The number of carbonyl (C=O) groups excluding carboxylic acids is 4. The second-order valence-electron chi connectivity index (χ2n) is 13.3. The lowest BCUT2D eigenvalue weighted by atomic mass is 10.0. The maximum Gasteiger partial charge on any atom is 0.329 e. The summed E-state index contributed by atoms with van der Waals surface area (Å²) in [4.78, 5) is 59.3. The highest BCUT2D eigenvalue weighted by Crippen LogP contribution is 2.21. The molecule has 0 radical (unpaired) electrons. The third kappa shape index (κ3) is 13.0. The molecule has 2 heterocycles. The molecular formula is C40H52N4O5S. The van der Waals surface area contributed by atoms with Crippen LogP contribution in [0.5, 0.6) is 0 Å². The van der Waals surface area contributed by atoms with Gasteiger partial charge in [-0.15, -0.1) is 0 Å². The second-order valence-corrected chi connectivity index (χ2v) is 14.4. The summed E-state index contributed by atoms with van der Waals surface area (Å²) >= 11 is 1.32. The van der Waals surface area contributed by atoms with E-state index < -0.39 is 18.1 Å². The number of nitrogens with one attached hydrogen (secondary N) is 2. The number of allylic oxidation sites excluding steroid dienone is 1. The van der Waals surface area contributed by atoms with Gasteiger partial charge >= 0.3 is 5.97 Å². The fraction of sp³-hybridized carbons (Fsp3) is 0.475. The van der Waals surface area contributed by atoms with Gasteiger partial charge in [-0.3, -0.25) is 24.3 Å². The monoisotopic (exact) mass is 700 g/mol. The zero-order valence-corrected chi connectivity index (χ0v) is 30.5. The molecular weight excluding hydrogens is 649 g/mol. The summed E-state index contributed by atoms with van der Waals surface area (Å²) in [6.45, 7) is 7.02. The third-order valence-electron chi connectivity index (χ3n) is 8.63. The van der Waals surface area contributed by atoms with Gasteiger partial charge < -0.3 is 15.4 Å². The maximum absolute atomic E-state index is 13.6. The van der Waals surface area contributed by atoms with Crippen molar-refractivity contribution in [2.75, 3.05) is 12.3 Å². The normalized spacial score (nSPS) is 18.3. The molecule has 0 saturated heterocycles. The van der Waals surface area contributed by atoms with Crippen molar-refractivity contribution in [1.29, 1.82) is 0 Å². The Labute approximate surface area is 301 Å². The van der Waals surface area contributed by atoms with Crippen molar-refractivity contribution in [1.82, 2.24) is 20.5 Å². The van der Waals surface area contributed by atoms with E-state index in [9.17, 15) is 19.2 Å². The summed E-state index contributed by atoms with van der Waals surface area (Å²) in [5, 5.41) is 8.25. The molecule has 2 N–H and O–H groups in total. The highest BCUT2D eigenvalue weighted by atomic mass is 32.2. The van der Waals surface area contributed by atoms with Gasteiger partial charge in [0.25, 0.3) is 0 Å². The van der Waals surface area contributed by atoms with Crippen LogP contribution >= 0.6 is 11.8 Å². The molecule has 0 fully saturated rings. The molecule has 1 aliphatic rings. The molecule has 10 heteroatoms. The second kappa shape index (κ2) is 20.6. The maximum atomic E-state index is 13.6. The Kier molecular flexibility index (Phi) is 16.0. The summed E-state index contributed by atoms with van der Waals surface area (Å²) in [7, 11) is 0.